The molecule has 3 saturated heterocycles. The highest BCUT2D eigenvalue weighted by molar-refractivity contribution is 14.0. The molecule has 4 heterocycles. The number of anilines is 1. The summed E-state index contributed by atoms with van der Waals surface area (Å²) in [5.41, 5.74) is 6.54. The Morgan fingerprint density at radius 3 is 2.63 bits per heavy atom. The van der Waals surface area contributed by atoms with Crippen molar-refractivity contribution in [3.05, 3.63) is 11.6 Å². The van der Waals surface area contributed by atoms with Crippen LogP contribution in [0.5, 0.6) is 0 Å². The van der Waals surface area contributed by atoms with E-state index in [2.05, 4.69) is 19.7 Å². The smallest absolute Gasteiger partial charge is 0.191 e. The van der Waals surface area contributed by atoms with Crippen LogP contribution in [-0.4, -0.2) is 96.8 Å². The maximum atomic E-state index is 6.37. The predicted octanol–water partition coefficient (Wildman–Crippen LogP) is 1.41. The zero-order valence-electron chi connectivity index (χ0n) is 15.6. The van der Waals surface area contributed by atoms with Crippen LogP contribution in [-0.2, 0) is 4.74 Å². The minimum atomic E-state index is 0. The van der Waals surface area contributed by atoms with Crippen LogP contribution in [0.3, 0.4) is 0 Å². The number of halogens is 1. The number of morpholine rings is 1. The molecule has 3 aliphatic rings. The van der Waals surface area contributed by atoms with Crippen LogP contribution < -0.4 is 10.6 Å². The molecule has 0 bridgehead atoms. The molecule has 3 fully saturated rings. The second-order valence-electron chi connectivity index (χ2n) is 7.09. The number of nitrogens with zero attached hydrogens (tertiary/aromatic N) is 5. The molecule has 10 heteroatoms. The highest BCUT2D eigenvalue weighted by Crippen LogP contribution is 2.34. The lowest BCUT2D eigenvalue weighted by Crippen LogP contribution is -2.56. The van der Waals surface area contributed by atoms with Gasteiger partial charge >= 0.3 is 0 Å². The van der Waals surface area contributed by atoms with Crippen molar-refractivity contribution in [3.8, 4) is 0 Å². The summed E-state index contributed by atoms with van der Waals surface area (Å²) in [6, 6.07) is 0. The molecule has 3 aliphatic heterocycles. The topological polar surface area (TPSA) is 70.2 Å². The van der Waals surface area contributed by atoms with Crippen molar-refractivity contribution < 1.29 is 4.74 Å². The van der Waals surface area contributed by atoms with Crippen molar-refractivity contribution in [1.29, 1.82) is 0 Å². The van der Waals surface area contributed by atoms with Gasteiger partial charge in [0.25, 0.3) is 0 Å². The Morgan fingerprint density at radius 2 is 2.00 bits per heavy atom. The van der Waals surface area contributed by atoms with Gasteiger partial charge in [0.05, 0.1) is 25.3 Å². The fraction of sp³-hybridized carbons (Fsp3) is 0.765. The Hall–Kier alpha value is -0.300. The van der Waals surface area contributed by atoms with E-state index in [9.17, 15) is 0 Å². The number of hydrogen-bond acceptors (Lipinski definition) is 7. The number of rotatable bonds is 4. The monoisotopic (exact) mass is 524 g/mol. The molecule has 1 aromatic heterocycles. The summed E-state index contributed by atoms with van der Waals surface area (Å²) in [7, 11) is 0. The predicted molar refractivity (Wildman–Crippen MR) is 125 cm³/mol. The summed E-state index contributed by atoms with van der Waals surface area (Å²) in [6.45, 7) is 8.24. The van der Waals surface area contributed by atoms with E-state index in [1.165, 1.54) is 12.2 Å². The molecule has 0 amide bonds. The number of thiazole rings is 1. The van der Waals surface area contributed by atoms with E-state index in [1.54, 1.807) is 11.3 Å². The van der Waals surface area contributed by atoms with E-state index < -0.39 is 0 Å². The number of nitrogens with two attached hydrogens (primary N) is 1. The van der Waals surface area contributed by atoms with Gasteiger partial charge in [-0.15, -0.1) is 35.3 Å². The van der Waals surface area contributed by atoms with Crippen LogP contribution in [0.2, 0.25) is 0 Å². The maximum Gasteiger partial charge on any atom is 0.191 e. The van der Waals surface area contributed by atoms with Crippen molar-refractivity contribution in [2.75, 3.05) is 75.4 Å². The zero-order valence-corrected chi connectivity index (χ0v) is 19.5. The van der Waals surface area contributed by atoms with Gasteiger partial charge in [0.2, 0.25) is 0 Å². The van der Waals surface area contributed by atoms with Gasteiger partial charge in [0, 0.05) is 56.6 Å². The quantitative estimate of drug-likeness (QED) is 0.363. The first-order valence-corrected chi connectivity index (χ1v) is 11.4. The van der Waals surface area contributed by atoms with Gasteiger partial charge in [-0.3, -0.25) is 9.89 Å². The second kappa shape index (κ2) is 9.95. The van der Waals surface area contributed by atoms with Crippen molar-refractivity contribution in [2.24, 2.45) is 10.7 Å². The summed E-state index contributed by atoms with van der Waals surface area (Å²) >= 11 is 3.74. The standard InChI is InChI=1S/C17H28N6OS2.HI/c18-15(21-3-5-22(6-4-21)16-19-2-12-26-16)20-13-17(1-11-25-14-17)23-7-9-24-10-8-23;/h2,12H,1,3-11,13-14H2,(H2,18,20);1H. The van der Waals surface area contributed by atoms with E-state index in [-0.39, 0.29) is 29.5 Å². The minimum absolute atomic E-state index is 0. The molecule has 1 unspecified atom stereocenters. The second-order valence-corrected chi connectivity index (χ2v) is 9.07. The molecular weight excluding hydrogens is 495 g/mol. The molecule has 152 valence electrons. The van der Waals surface area contributed by atoms with Gasteiger partial charge in [-0.05, 0) is 12.2 Å². The number of piperazine rings is 1. The van der Waals surface area contributed by atoms with Gasteiger partial charge in [-0.1, -0.05) is 0 Å². The van der Waals surface area contributed by atoms with Gasteiger partial charge in [-0.2, -0.15) is 11.8 Å². The van der Waals surface area contributed by atoms with Gasteiger partial charge in [-0.25, -0.2) is 4.98 Å². The summed E-state index contributed by atoms with van der Waals surface area (Å²) in [5, 5.41) is 3.14. The average molecular weight is 524 g/mol. The van der Waals surface area contributed by atoms with Crippen LogP contribution in [0, 0.1) is 0 Å². The fourth-order valence-electron chi connectivity index (χ4n) is 3.94. The van der Waals surface area contributed by atoms with E-state index >= 15 is 0 Å². The Labute approximate surface area is 186 Å². The van der Waals surface area contributed by atoms with Gasteiger partial charge < -0.3 is 20.3 Å². The number of hydrogen-bond donors (Lipinski definition) is 1. The third kappa shape index (κ3) is 5.01. The summed E-state index contributed by atoms with van der Waals surface area (Å²) in [4.78, 5) is 16.4. The molecule has 1 aromatic rings. The Kier molecular flexibility index (Phi) is 7.89. The van der Waals surface area contributed by atoms with Crippen molar-refractivity contribution in [2.45, 2.75) is 12.0 Å². The van der Waals surface area contributed by atoms with Crippen LogP contribution in [0.4, 0.5) is 5.13 Å². The number of thioether (sulfide) groups is 1. The molecule has 0 aliphatic carbocycles. The van der Waals surface area contributed by atoms with Crippen molar-refractivity contribution in [3.63, 3.8) is 0 Å². The highest BCUT2D eigenvalue weighted by Gasteiger charge is 2.40. The zero-order chi connectivity index (χ0) is 17.8. The lowest BCUT2D eigenvalue weighted by Gasteiger charge is -2.42. The van der Waals surface area contributed by atoms with E-state index in [1.807, 2.05) is 23.3 Å². The van der Waals surface area contributed by atoms with Crippen LogP contribution >= 0.6 is 47.1 Å². The van der Waals surface area contributed by atoms with Crippen LogP contribution in [0.15, 0.2) is 16.6 Å². The van der Waals surface area contributed by atoms with Gasteiger partial charge in [0.1, 0.15) is 0 Å². The first kappa shape index (κ1) is 21.4. The number of aromatic nitrogens is 1. The summed E-state index contributed by atoms with van der Waals surface area (Å²) in [5.74, 6) is 3.08. The first-order chi connectivity index (χ1) is 12.8. The van der Waals surface area contributed by atoms with Crippen LogP contribution in [0.25, 0.3) is 0 Å². The molecule has 0 aromatic carbocycles. The molecule has 4 rings (SSSR count). The molecule has 2 N–H and O–H groups in total. The maximum absolute atomic E-state index is 6.37. The molecular formula is C17H29IN6OS2. The lowest BCUT2D eigenvalue weighted by atomic mass is 9.96. The average Bonchev–Trinajstić information content (AvgIpc) is 3.40. The normalized spacial score (nSPS) is 27.6. The number of ether oxygens (including phenoxy) is 1. The van der Waals surface area contributed by atoms with E-state index in [4.69, 9.17) is 15.5 Å². The molecule has 0 radical (unpaired) electrons. The number of guanidine groups is 1. The largest absolute Gasteiger partial charge is 0.379 e. The Bertz CT molecular complexity index is 597. The molecule has 1 atom stereocenters. The van der Waals surface area contributed by atoms with E-state index in [0.29, 0.717) is 5.96 Å². The SMILES string of the molecule is I.NC(=NCC1(N2CCOCC2)CCSC1)N1CCN(c2nccs2)CC1. The van der Waals surface area contributed by atoms with Crippen molar-refractivity contribution >= 4 is 58.2 Å². The van der Waals surface area contributed by atoms with Crippen LogP contribution in [0.1, 0.15) is 6.42 Å². The highest BCUT2D eigenvalue weighted by atomic mass is 127. The minimum Gasteiger partial charge on any atom is -0.379 e. The lowest BCUT2D eigenvalue weighted by molar-refractivity contribution is -0.0105. The Morgan fingerprint density at radius 1 is 1.22 bits per heavy atom. The molecule has 0 spiro atoms. The number of aliphatic imine (C=N–C) groups is 1. The third-order valence-corrected chi connectivity index (χ3v) is 7.66. The first-order valence-electron chi connectivity index (χ1n) is 9.37. The fourth-order valence-corrected chi connectivity index (χ4v) is 6.10. The van der Waals surface area contributed by atoms with E-state index in [0.717, 1.165) is 69.9 Å². The Balaban J connectivity index is 0.00000210. The van der Waals surface area contributed by atoms with Gasteiger partial charge in [0.15, 0.2) is 11.1 Å². The van der Waals surface area contributed by atoms with Crippen molar-refractivity contribution in [1.82, 2.24) is 14.8 Å². The molecule has 0 saturated carbocycles. The molecule has 27 heavy (non-hydrogen) atoms. The summed E-state index contributed by atoms with van der Waals surface area (Å²) in [6.07, 6.45) is 3.07. The summed E-state index contributed by atoms with van der Waals surface area (Å²) < 4.78 is 5.54. The molecule has 7 nitrogen and oxygen atoms in total. The third-order valence-electron chi connectivity index (χ3n) is 5.59.